The van der Waals surface area contributed by atoms with E-state index in [0.717, 1.165) is 18.9 Å². The van der Waals surface area contributed by atoms with Crippen LogP contribution in [0.5, 0.6) is 0 Å². The van der Waals surface area contributed by atoms with Crippen molar-refractivity contribution in [3.05, 3.63) is 17.7 Å². The fourth-order valence-electron chi connectivity index (χ4n) is 1.87. The quantitative estimate of drug-likeness (QED) is 0.429. The average molecular weight is 274 g/mol. The second-order valence-corrected chi connectivity index (χ2v) is 4.34. The maximum atomic E-state index is 13.5. The van der Waals surface area contributed by atoms with E-state index in [4.69, 9.17) is 10.9 Å². The number of hydrogen-bond acceptors (Lipinski definition) is 5. The van der Waals surface area contributed by atoms with Crippen molar-refractivity contribution in [2.75, 3.05) is 23.9 Å². The Morgan fingerprint density at radius 1 is 1.32 bits per heavy atom. The van der Waals surface area contributed by atoms with Gasteiger partial charge >= 0.3 is 0 Å². The van der Waals surface area contributed by atoms with E-state index in [9.17, 15) is 8.78 Å². The van der Waals surface area contributed by atoms with Gasteiger partial charge in [-0.2, -0.15) is 0 Å². The fourth-order valence-corrected chi connectivity index (χ4v) is 1.87. The van der Waals surface area contributed by atoms with Crippen LogP contribution >= 0.6 is 0 Å². The number of rotatable bonds is 8. The minimum Gasteiger partial charge on any atom is -0.396 e. The second-order valence-electron chi connectivity index (χ2n) is 4.34. The first-order chi connectivity index (χ1) is 9.12. The Labute approximate surface area is 111 Å². The van der Waals surface area contributed by atoms with Crippen LogP contribution in [0.2, 0.25) is 0 Å². The van der Waals surface area contributed by atoms with Crippen LogP contribution < -0.4 is 16.6 Å². The van der Waals surface area contributed by atoms with Crippen molar-refractivity contribution in [1.29, 1.82) is 0 Å². The van der Waals surface area contributed by atoms with Crippen LogP contribution in [0, 0.1) is 17.6 Å². The van der Waals surface area contributed by atoms with Gasteiger partial charge in [0, 0.05) is 19.2 Å². The predicted molar refractivity (Wildman–Crippen MR) is 70.6 cm³/mol. The molecule has 7 heteroatoms. The SMILES string of the molecule is CCCC(CCO)CNc1nc(NN)c(F)cc1F. The molecule has 1 atom stereocenters. The molecule has 0 aromatic carbocycles. The number of nitrogens with zero attached hydrogens (tertiary/aromatic N) is 1. The minimum absolute atomic E-state index is 0.0478. The summed E-state index contributed by atoms with van der Waals surface area (Å²) in [5, 5.41) is 11.8. The monoisotopic (exact) mass is 274 g/mol. The highest BCUT2D eigenvalue weighted by molar-refractivity contribution is 5.46. The molecule has 0 saturated carbocycles. The average Bonchev–Trinajstić information content (AvgIpc) is 2.38. The summed E-state index contributed by atoms with van der Waals surface area (Å²) in [5.41, 5.74) is 2.07. The predicted octanol–water partition coefficient (Wildman–Crippen LogP) is 1.86. The number of nitrogens with two attached hydrogens (primary N) is 1. The number of aliphatic hydroxyl groups is 1. The van der Waals surface area contributed by atoms with Gasteiger partial charge < -0.3 is 15.8 Å². The number of aromatic nitrogens is 1. The Morgan fingerprint density at radius 2 is 2.00 bits per heavy atom. The molecular formula is C12H20F2N4O. The van der Waals surface area contributed by atoms with Crippen molar-refractivity contribution < 1.29 is 13.9 Å². The molecule has 1 aromatic rings. The molecule has 0 aliphatic rings. The molecule has 1 heterocycles. The van der Waals surface area contributed by atoms with Crippen LogP contribution in [-0.2, 0) is 0 Å². The molecule has 5 N–H and O–H groups in total. The van der Waals surface area contributed by atoms with E-state index in [1.165, 1.54) is 0 Å². The summed E-state index contributed by atoms with van der Waals surface area (Å²) < 4.78 is 26.7. The molecule has 1 aromatic heterocycles. The van der Waals surface area contributed by atoms with Crippen molar-refractivity contribution in [2.45, 2.75) is 26.2 Å². The third-order valence-electron chi connectivity index (χ3n) is 2.86. The molecule has 0 aliphatic heterocycles. The highest BCUT2D eigenvalue weighted by atomic mass is 19.1. The van der Waals surface area contributed by atoms with E-state index < -0.39 is 11.6 Å². The number of aliphatic hydroxyl groups excluding tert-OH is 1. The normalized spacial score (nSPS) is 12.3. The van der Waals surface area contributed by atoms with E-state index in [0.29, 0.717) is 13.0 Å². The maximum absolute atomic E-state index is 13.5. The molecule has 0 saturated heterocycles. The zero-order chi connectivity index (χ0) is 14.3. The Kier molecular flexibility index (Phi) is 6.44. The standard InChI is InChI=1S/C12H20F2N4O/c1-2-3-8(4-5-19)7-16-11-9(13)6-10(14)12(17-11)18-15/h6,8,19H,2-5,7,15H2,1H3,(H2,16,17,18). The number of pyridine rings is 1. The van der Waals surface area contributed by atoms with Gasteiger partial charge in [0.15, 0.2) is 23.3 Å². The zero-order valence-electron chi connectivity index (χ0n) is 10.9. The molecule has 108 valence electrons. The molecule has 0 aliphatic carbocycles. The molecule has 0 radical (unpaired) electrons. The summed E-state index contributed by atoms with van der Waals surface area (Å²) in [4.78, 5) is 3.72. The van der Waals surface area contributed by atoms with Gasteiger partial charge in [-0.15, -0.1) is 0 Å². The van der Waals surface area contributed by atoms with Gasteiger partial charge in [0.25, 0.3) is 0 Å². The van der Waals surface area contributed by atoms with Crippen LogP contribution in [0.15, 0.2) is 6.07 Å². The van der Waals surface area contributed by atoms with E-state index >= 15 is 0 Å². The number of hydrogen-bond donors (Lipinski definition) is 4. The van der Waals surface area contributed by atoms with Crippen molar-refractivity contribution in [3.63, 3.8) is 0 Å². The van der Waals surface area contributed by atoms with Crippen LogP contribution in [0.1, 0.15) is 26.2 Å². The van der Waals surface area contributed by atoms with Crippen LogP contribution in [0.3, 0.4) is 0 Å². The summed E-state index contributed by atoms with van der Waals surface area (Å²) in [5.74, 6) is 3.44. The lowest BCUT2D eigenvalue weighted by atomic mass is 10.0. The Balaban J connectivity index is 2.70. The number of nitrogen functional groups attached to an aromatic ring is 1. The van der Waals surface area contributed by atoms with E-state index in [2.05, 4.69) is 15.7 Å². The maximum Gasteiger partial charge on any atom is 0.178 e. The Hall–Kier alpha value is -1.47. The second kappa shape index (κ2) is 7.85. The Bertz CT molecular complexity index is 398. The lowest BCUT2D eigenvalue weighted by Gasteiger charge is -2.16. The summed E-state index contributed by atoms with van der Waals surface area (Å²) in [6, 6.07) is 0.728. The molecular weight excluding hydrogens is 254 g/mol. The van der Waals surface area contributed by atoms with E-state index in [1.807, 2.05) is 6.92 Å². The van der Waals surface area contributed by atoms with Gasteiger partial charge in [-0.25, -0.2) is 19.6 Å². The van der Waals surface area contributed by atoms with Gasteiger partial charge in [0.2, 0.25) is 0 Å². The summed E-state index contributed by atoms with van der Waals surface area (Å²) in [6.45, 7) is 2.59. The van der Waals surface area contributed by atoms with Gasteiger partial charge in [-0.1, -0.05) is 13.3 Å². The molecule has 1 rings (SSSR count). The summed E-state index contributed by atoms with van der Waals surface area (Å²) in [6.07, 6.45) is 2.52. The van der Waals surface area contributed by atoms with Gasteiger partial charge in [0.05, 0.1) is 0 Å². The van der Waals surface area contributed by atoms with E-state index in [1.54, 1.807) is 0 Å². The van der Waals surface area contributed by atoms with Gasteiger partial charge in [0.1, 0.15) is 0 Å². The number of nitrogens with one attached hydrogen (secondary N) is 2. The first kappa shape index (κ1) is 15.6. The minimum atomic E-state index is -0.842. The first-order valence-electron chi connectivity index (χ1n) is 6.29. The summed E-state index contributed by atoms with van der Waals surface area (Å²) >= 11 is 0. The van der Waals surface area contributed by atoms with Crippen molar-refractivity contribution in [1.82, 2.24) is 4.98 Å². The fraction of sp³-hybridized carbons (Fsp3) is 0.583. The third kappa shape index (κ3) is 4.60. The lowest BCUT2D eigenvalue weighted by molar-refractivity contribution is 0.255. The van der Waals surface area contributed by atoms with Crippen molar-refractivity contribution >= 4 is 11.6 Å². The highest BCUT2D eigenvalue weighted by Crippen LogP contribution is 2.19. The zero-order valence-corrected chi connectivity index (χ0v) is 10.9. The van der Waals surface area contributed by atoms with Crippen molar-refractivity contribution in [3.8, 4) is 0 Å². The number of anilines is 2. The molecule has 0 bridgehead atoms. The van der Waals surface area contributed by atoms with Crippen LogP contribution in [0.4, 0.5) is 20.4 Å². The van der Waals surface area contributed by atoms with Crippen LogP contribution in [-0.4, -0.2) is 23.2 Å². The number of hydrazine groups is 1. The lowest BCUT2D eigenvalue weighted by Crippen LogP contribution is -2.18. The third-order valence-corrected chi connectivity index (χ3v) is 2.86. The first-order valence-corrected chi connectivity index (χ1v) is 6.29. The van der Waals surface area contributed by atoms with E-state index in [-0.39, 0.29) is 24.2 Å². The molecule has 0 amide bonds. The summed E-state index contributed by atoms with van der Waals surface area (Å²) in [7, 11) is 0. The Morgan fingerprint density at radius 3 is 2.58 bits per heavy atom. The topological polar surface area (TPSA) is 83.2 Å². The van der Waals surface area contributed by atoms with Crippen LogP contribution in [0.25, 0.3) is 0 Å². The molecule has 5 nitrogen and oxygen atoms in total. The largest absolute Gasteiger partial charge is 0.396 e. The molecule has 0 spiro atoms. The smallest absolute Gasteiger partial charge is 0.178 e. The van der Waals surface area contributed by atoms with Crippen molar-refractivity contribution in [2.24, 2.45) is 11.8 Å². The van der Waals surface area contributed by atoms with Gasteiger partial charge in [-0.3, -0.25) is 0 Å². The molecule has 0 fully saturated rings. The molecule has 19 heavy (non-hydrogen) atoms. The molecule has 1 unspecified atom stereocenters. The number of halogens is 2. The highest BCUT2D eigenvalue weighted by Gasteiger charge is 2.13. The van der Waals surface area contributed by atoms with Gasteiger partial charge in [-0.05, 0) is 18.8 Å².